The van der Waals surface area contributed by atoms with Crippen LogP contribution < -0.4 is 5.32 Å². The molecule has 1 nitrogen and oxygen atoms in total. The van der Waals surface area contributed by atoms with Crippen molar-refractivity contribution in [1.82, 2.24) is 5.32 Å². The van der Waals surface area contributed by atoms with Crippen LogP contribution in [0.1, 0.15) is 31.2 Å². The molecule has 1 atom stereocenters. The number of rotatable bonds is 4. The first kappa shape index (κ1) is 12.3. The molecule has 0 amide bonds. The molecule has 0 aliphatic heterocycles. The topological polar surface area (TPSA) is 12.0 Å². The fourth-order valence-corrected chi connectivity index (χ4v) is 2.50. The first-order valence-electron chi connectivity index (χ1n) is 6.40. The highest BCUT2D eigenvalue weighted by molar-refractivity contribution is 5.22. The van der Waals surface area contributed by atoms with Crippen LogP contribution in [-0.4, -0.2) is 13.1 Å². The molecule has 1 N–H and O–H groups in total. The monoisotopic (exact) mass is 233 g/mol. The van der Waals surface area contributed by atoms with E-state index in [0.717, 1.165) is 12.0 Å². The first-order chi connectivity index (χ1) is 8.29. The van der Waals surface area contributed by atoms with Gasteiger partial charge in [0.05, 0.1) is 0 Å². The summed E-state index contributed by atoms with van der Waals surface area (Å²) in [6.45, 7) is 0. The maximum Gasteiger partial charge on any atom is 0.123 e. The van der Waals surface area contributed by atoms with Crippen LogP contribution in [0.3, 0.4) is 0 Å². The summed E-state index contributed by atoms with van der Waals surface area (Å²) >= 11 is 0. The van der Waals surface area contributed by atoms with Gasteiger partial charge < -0.3 is 5.32 Å². The van der Waals surface area contributed by atoms with Gasteiger partial charge in [-0.1, -0.05) is 23.8 Å². The van der Waals surface area contributed by atoms with Gasteiger partial charge in [0, 0.05) is 6.04 Å². The fourth-order valence-electron chi connectivity index (χ4n) is 2.50. The molecule has 92 valence electrons. The minimum absolute atomic E-state index is 0.144. The summed E-state index contributed by atoms with van der Waals surface area (Å²) in [5.74, 6) is -0.144. The van der Waals surface area contributed by atoms with Crippen LogP contribution >= 0.6 is 0 Å². The quantitative estimate of drug-likeness (QED) is 0.785. The lowest BCUT2D eigenvalue weighted by atomic mass is 9.90. The lowest BCUT2D eigenvalue weighted by Gasteiger charge is -2.23. The van der Waals surface area contributed by atoms with Gasteiger partial charge in [-0.25, -0.2) is 4.39 Å². The van der Waals surface area contributed by atoms with Gasteiger partial charge in [0.1, 0.15) is 5.82 Å². The zero-order valence-corrected chi connectivity index (χ0v) is 10.4. The van der Waals surface area contributed by atoms with Crippen molar-refractivity contribution in [2.75, 3.05) is 7.05 Å². The third kappa shape index (κ3) is 3.40. The van der Waals surface area contributed by atoms with E-state index in [-0.39, 0.29) is 5.82 Å². The number of nitrogens with one attached hydrogen (secondary N) is 1. The van der Waals surface area contributed by atoms with Gasteiger partial charge in [0.15, 0.2) is 0 Å². The van der Waals surface area contributed by atoms with Crippen LogP contribution in [0.5, 0.6) is 0 Å². The maximum absolute atomic E-state index is 13.1. The van der Waals surface area contributed by atoms with Crippen molar-refractivity contribution in [3.05, 3.63) is 47.3 Å². The fraction of sp³-hybridized carbons (Fsp3) is 0.467. The third-order valence-corrected chi connectivity index (χ3v) is 3.45. The molecule has 0 saturated heterocycles. The zero-order chi connectivity index (χ0) is 12.1. The van der Waals surface area contributed by atoms with Gasteiger partial charge >= 0.3 is 0 Å². The minimum atomic E-state index is -0.144. The van der Waals surface area contributed by atoms with Crippen molar-refractivity contribution in [3.8, 4) is 0 Å². The molecular weight excluding hydrogens is 213 g/mol. The van der Waals surface area contributed by atoms with Crippen molar-refractivity contribution in [2.45, 2.75) is 38.1 Å². The SMILES string of the molecule is CNC(Cc1cccc(F)c1)C1=CCCCC1. The summed E-state index contributed by atoms with van der Waals surface area (Å²) in [5, 5.41) is 3.35. The Morgan fingerprint density at radius 3 is 2.88 bits per heavy atom. The largest absolute Gasteiger partial charge is 0.313 e. The van der Waals surface area contributed by atoms with E-state index in [2.05, 4.69) is 11.4 Å². The molecule has 0 saturated carbocycles. The highest BCUT2D eigenvalue weighted by Gasteiger charge is 2.15. The van der Waals surface area contributed by atoms with E-state index in [4.69, 9.17) is 0 Å². The first-order valence-corrected chi connectivity index (χ1v) is 6.40. The van der Waals surface area contributed by atoms with Crippen molar-refractivity contribution in [3.63, 3.8) is 0 Å². The van der Waals surface area contributed by atoms with Crippen LogP contribution in [0, 0.1) is 5.82 Å². The molecule has 1 aromatic carbocycles. The zero-order valence-electron chi connectivity index (χ0n) is 10.4. The normalized spacial score (nSPS) is 17.6. The third-order valence-electron chi connectivity index (χ3n) is 3.45. The number of hydrogen-bond acceptors (Lipinski definition) is 1. The van der Waals surface area contributed by atoms with Crippen LogP contribution in [0.4, 0.5) is 4.39 Å². The van der Waals surface area contributed by atoms with Gasteiger partial charge in [-0.3, -0.25) is 0 Å². The Labute approximate surface area is 103 Å². The van der Waals surface area contributed by atoms with E-state index in [1.807, 2.05) is 13.1 Å². The summed E-state index contributed by atoms with van der Waals surface area (Å²) in [4.78, 5) is 0. The van der Waals surface area contributed by atoms with E-state index < -0.39 is 0 Å². The molecule has 0 bridgehead atoms. The van der Waals surface area contributed by atoms with Crippen molar-refractivity contribution in [1.29, 1.82) is 0 Å². The molecule has 2 heteroatoms. The van der Waals surface area contributed by atoms with Gasteiger partial charge in [-0.05, 0) is 56.8 Å². The second kappa shape index (κ2) is 5.97. The number of hydrogen-bond donors (Lipinski definition) is 1. The average Bonchev–Trinajstić information content (AvgIpc) is 2.37. The Balaban J connectivity index is 2.06. The highest BCUT2D eigenvalue weighted by atomic mass is 19.1. The van der Waals surface area contributed by atoms with Crippen molar-refractivity contribution >= 4 is 0 Å². The summed E-state index contributed by atoms with van der Waals surface area (Å²) in [5.41, 5.74) is 2.55. The Morgan fingerprint density at radius 1 is 1.35 bits per heavy atom. The molecule has 0 heterocycles. The number of likely N-dealkylation sites (N-methyl/N-ethyl adjacent to an activating group) is 1. The van der Waals surface area contributed by atoms with E-state index in [1.54, 1.807) is 12.1 Å². The molecule has 1 aliphatic rings. The smallest absolute Gasteiger partial charge is 0.123 e. The predicted octanol–water partition coefficient (Wildman–Crippen LogP) is 3.46. The van der Waals surface area contributed by atoms with Crippen molar-refractivity contribution in [2.24, 2.45) is 0 Å². The van der Waals surface area contributed by atoms with Gasteiger partial charge in [0.25, 0.3) is 0 Å². The Morgan fingerprint density at radius 2 is 2.24 bits per heavy atom. The Hall–Kier alpha value is -1.15. The lowest BCUT2D eigenvalue weighted by Crippen LogP contribution is -2.30. The lowest BCUT2D eigenvalue weighted by molar-refractivity contribution is 0.566. The minimum Gasteiger partial charge on any atom is -0.313 e. The molecule has 1 aromatic rings. The molecule has 0 spiro atoms. The van der Waals surface area contributed by atoms with Crippen LogP contribution in [0.2, 0.25) is 0 Å². The molecule has 0 aromatic heterocycles. The van der Waals surface area contributed by atoms with E-state index >= 15 is 0 Å². The summed E-state index contributed by atoms with van der Waals surface area (Å²) in [6.07, 6.45) is 8.19. The molecule has 0 fully saturated rings. The predicted molar refractivity (Wildman–Crippen MR) is 69.5 cm³/mol. The van der Waals surface area contributed by atoms with E-state index in [9.17, 15) is 4.39 Å². The molecule has 0 radical (unpaired) electrons. The van der Waals surface area contributed by atoms with Gasteiger partial charge in [-0.15, -0.1) is 0 Å². The molecule has 1 unspecified atom stereocenters. The number of benzene rings is 1. The van der Waals surface area contributed by atoms with Gasteiger partial charge in [-0.2, -0.15) is 0 Å². The second-order valence-corrected chi connectivity index (χ2v) is 4.70. The number of allylic oxidation sites excluding steroid dienone is 1. The Bertz CT molecular complexity index is 398. The average molecular weight is 233 g/mol. The van der Waals surface area contributed by atoms with Crippen LogP contribution in [-0.2, 0) is 6.42 Å². The summed E-state index contributed by atoms with van der Waals surface area (Å²) in [6, 6.07) is 7.27. The van der Waals surface area contributed by atoms with Crippen LogP contribution in [0.15, 0.2) is 35.9 Å². The van der Waals surface area contributed by atoms with Crippen LogP contribution in [0.25, 0.3) is 0 Å². The summed E-state index contributed by atoms with van der Waals surface area (Å²) in [7, 11) is 1.99. The Kier molecular flexibility index (Phi) is 4.32. The standard InChI is InChI=1S/C15H20FN/c1-17-15(13-7-3-2-4-8-13)11-12-6-5-9-14(16)10-12/h5-7,9-10,15,17H,2-4,8,11H2,1H3. The highest BCUT2D eigenvalue weighted by Crippen LogP contribution is 2.22. The molecular formula is C15H20FN. The van der Waals surface area contributed by atoms with E-state index in [0.29, 0.717) is 6.04 Å². The molecule has 17 heavy (non-hydrogen) atoms. The second-order valence-electron chi connectivity index (χ2n) is 4.70. The molecule has 1 aliphatic carbocycles. The van der Waals surface area contributed by atoms with E-state index in [1.165, 1.54) is 37.3 Å². The van der Waals surface area contributed by atoms with Crippen molar-refractivity contribution < 1.29 is 4.39 Å². The van der Waals surface area contributed by atoms with Gasteiger partial charge in [0.2, 0.25) is 0 Å². The maximum atomic E-state index is 13.1. The molecule has 2 rings (SSSR count). The summed E-state index contributed by atoms with van der Waals surface area (Å²) < 4.78 is 13.1. The number of halogens is 1.